The van der Waals surface area contributed by atoms with Gasteiger partial charge in [-0.15, -0.1) is 11.3 Å². The van der Waals surface area contributed by atoms with Crippen molar-refractivity contribution in [2.45, 2.75) is 18.9 Å². The Morgan fingerprint density at radius 3 is 3.00 bits per heavy atom. The maximum Gasteiger partial charge on any atom is 0.305 e. The van der Waals surface area contributed by atoms with Gasteiger partial charge in [-0.3, -0.25) is 9.59 Å². The van der Waals surface area contributed by atoms with E-state index in [-0.39, 0.29) is 30.6 Å². The van der Waals surface area contributed by atoms with E-state index in [1.165, 1.54) is 23.5 Å². The number of thioether (sulfide) groups is 1. The predicted octanol–water partition coefficient (Wildman–Crippen LogP) is 2.91. The van der Waals surface area contributed by atoms with Crippen LogP contribution in [0.5, 0.6) is 0 Å². The number of aliphatic carboxylic acids is 1. The van der Waals surface area contributed by atoms with Gasteiger partial charge in [-0.2, -0.15) is 11.8 Å². The highest BCUT2D eigenvalue weighted by Crippen LogP contribution is 2.25. The number of hydrogen-bond acceptors (Lipinski definition) is 5. The van der Waals surface area contributed by atoms with E-state index in [2.05, 4.69) is 4.98 Å². The number of carboxylic acid groups (broad SMARTS) is 1. The molecule has 132 valence electrons. The first-order valence-electron chi connectivity index (χ1n) is 7.82. The number of benzene rings is 1. The number of amides is 1. The summed E-state index contributed by atoms with van der Waals surface area (Å²) in [5.41, 5.74) is 1.31. The minimum absolute atomic E-state index is 0.0374. The van der Waals surface area contributed by atoms with Gasteiger partial charge in [0.05, 0.1) is 24.6 Å². The normalized spacial score (nSPS) is 17.5. The standard InChI is InChI=1S/C17H17FN2O3S2/c18-12-3-1-2-11(6-12)17-19-13(9-25-17)7-15(21)20-4-5-24-10-14(20)8-16(22)23/h1-3,6,9,14H,4-5,7-8,10H2,(H,22,23). The van der Waals surface area contributed by atoms with Crippen LogP contribution >= 0.6 is 23.1 Å². The van der Waals surface area contributed by atoms with Gasteiger partial charge >= 0.3 is 5.97 Å². The first-order valence-corrected chi connectivity index (χ1v) is 9.85. The molecular weight excluding hydrogens is 363 g/mol. The Morgan fingerprint density at radius 2 is 2.24 bits per heavy atom. The molecule has 3 rings (SSSR count). The second-order valence-corrected chi connectivity index (χ2v) is 7.75. The van der Waals surface area contributed by atoms with Crippen LogP contribution < -0.4 is 0 Å². The second kappa shape index (κ2) is 7.97. The molecule has 8 heteroatoms. The summed E-state index contributed by atoms with van der Waals surface area (Å²) in [6, 6.07) is 5.91. The highest BCUT2D eigenvalue weighted by atomic mass is 32.2. The molecular formula is C17H17FN2O3S2. The summed E-state index contributed by atoms with van der Waals surface area (Å²) in [6.45, 7) is 0.558. The lowest BCUT2D eigenvalue weighted by Crippen LogP contribution is -2.47. The van der Waals surface area contributed by atoms with Gasteiger partial charge in [0.25, 0.3) is 0 Å². The molecule has 1 saturated heterocycles. The first kappa shape index (κ1) is 17.9. The Balaban J connectivity index is 1.69. The lowest BCUT2D eigenvalue weighted by Gasteiger charge is -2.34. The third-order valence-electron chi connectivity index (χ3n) is 3.91. The molecule has 1 aromatic heterocycles. The molecule has 1 aliphatic rings. The van der Waals surface area contributed by atoms with Gasteiger partial charge in [-0.05, 0) is 12.1 Å². The van der Waals surface area contributed by atoms with E-state index in [1.807, 2.05) is 0 Å². The van der Waals surface area contributed by atoms with Crippen LogP contribution in [0.25, 0.3) is 10.6 Å². The van der Waals surface area contributed by atoms with Crippen molar-refractivity contribution in [3.05, 3.63) is 41.2 Å². The zero-order chi connectivity index (χ0) is 17.8. The number of halogens is 1. The van der Waals surface area contributed by atoms with E-state index in [0.717, 1.165) is 5.75 Å². The van der Waals surface area contributed by atoms with Gasteiger partial charge in [-0.25, -0.2) is 9.37 Å². The zero-order valence-corrected chi connectivity index (χ0v) is 15.0. The molecule has 0 radical (unpaired) electrons. The first-order chi connectivity index (χ1) is 12.0. The number of aromatic nitrogens is 1. The lowest BCUT2D eigenvalue weighted by atomic mass is 10.1. The number of carboxylic acids is 1. The highest BCUT2D eigenvalue weighted by molar-refractivity contribution is 7.99. The van der Waals surface area contributed by atoms with E-state index in [1.54, 1.807) is 34.2 Å². The van der Waals surface area contributed by atoms with E-state index in [0.29, 0.717) is 28.6 Å². The average Bonchev–Trinajstić information content (AvgIpc) is 3.03. The molecule has 1 unspecified atom stereocenters. The summed E-state index contributed by atoms with van der Waals surface area (Å²) in [6.07, 6.45) is 0.0942. The van der Waals surface area contributed by atoms with Crippen LogP contribution in [0.3, 0.4) is 0 Å². The van der Waals surface area contributed by atoms with E-state index in [9.17, 15) is 14.0 Å². The predicted molar refractivity (Wildman–Crippen MR) is 96.3 cm³/mol. The Labute approximate surface area is 152 Å². The molecule has 0 saturated carbocycles. The number of rotatable bonds is 5. The molecule has 1 N–H and O–H groups in total. The fraction of sp³-hybridized carbons (Fsp3) is 0.353. The summed E-state index contributed by atoms with van der Waals surface area (Å²) in [5.74, 6) is 0.125. The molecule has 0 aliphatic carbocycles. The summed E-state index contributed by atoms with van der Waals surface area (Å²) in [4.78, 5) is 29.7. The van der Waals surface area contributed by atoms with Crippen molar-refractivity contribution in [1.82, 2.24) is 9.88 Å². The Kier molecular flexibility index (Phi) is 5.70. The molecule has 2 aromatic rings. The summed E-state index contributed by atoms with van der Waals surface area (Å²) in [5, 5.41) is 11.5. The third-order valence-corrected chi connectivity index (χ3v) is 5.95. The van der Waals surface area contributed by atoms with Crippen molar-refractivity contribution in [2.75, 3.05) is 18.1 Å². The average molecular weight is 380 g/mol. The number of thiazole rings is 1. The maximum absolute atomic E-state index is 13.3. The molecule has 1 amide bonds. The minimum atomic E-state index is -0.896. The number of carbonyl (C=O) groups excluding carboxylic acids is 1. The maximum atomic E-state index is 13.3. The van der Waals surface area contributed by atoms with Gasteiger partial charge < -0.3 is 10.0 Å². The number of carbonyl (C=O) groups is 2. The number of nitrogens with zero attached hydrogens (tertiary/aromatic N) is 2. The molecule has 25 heavy (non-hydrogen) atoms. The van der Waals surface area contributed by atoms with E-state index in [4.69, 9.17) is 5.11 Å². The molecule has 0 bridgehead atoms. The van der Waals surface area contributed by atoms with Crippen molar-refractivity contribution in [3.63, 3.8) is 0 Å². The van der Waals surface area contributed by atoms with Crippen LogP contribution in [0.2, 0.25) is 0 Å². The Hall–Kier alpha value is -1.93. The Bertz CT molecular complexity index is 781. The number of hydrogen-bond donors (Lipinski definition) is 1. The summed E-state index contributed by atoms with van der Waals surface area (Å²) >= 11 is 3.03. The molecule has 1 fully saturated rings. The molecule has 1 aliphatic heterocycles. The fourth-order valence-electron chi connectivity index (χ4n) is 2.75. The van der Waals surface area contributed by atoms with Crippen LogP contribution in [0, 0.1) is 5.82 Å². The smallest absolute Gasteiger partial charge is 0.305 e. The molecule has 1 atom stereocenters. The SMILES string of the molecule is O=C(O)CC1CSCCN1C(=O)Cc1csc(-c2cccc(F)c2)n1. The summed E-state index contributed by atoms with van der Waals surface area (Å²) < 4.78 is 13.3. The van der Waals surface area contributed by atoms with Gasteiger partial charge in [-0.1, -0.05) is 12.1 Å². The van der Waals surface area contributed by atoms with Crippen LogP contribution in [0.1, 0.15) is 12.1 Å². The second-order valence-electron chi connectivity index (χ2n) is 5.74. The molecule has 1 aromatic carbocycles. The lowest BCUT2D eigenvalue weighted by molar-refractivity contribution is -0.140. The monoisotopic (exact) mass is 380 g/mol. The van der Waals surface area contributed by atoms with Crippen LogP contribution in [0.15, 0.2) is 29.6 Å². The van der Waals surface area contributed by atoms with Crippen molar-refractivity contribution in [3.8, 4) is 10.6 Å². The van der Waals surface area contributed by atoms with Crippen LogP contribution in [-0.2, 0) is 16.0 Å². The van der Waals surface area contributed by atoms with Crippen molar-refractivity contribution < 1.29 is 19.1 Å². The highest BCUT2D eigenvalue weighted by Gasteiger charge is 2.29. The molecule has 2 heterocycles. The van der Waals surface area contributed by atoms with E-state index >= 15 is 0 Å². The third kappa shape index (κ3) is 4.58. The largest absolute Gasteiger partial charge is 0.481 e. The molecule has 5 nitrogen and oxygen atoms in total. The fourth-order valence-corrected chi connectivity index (χ4v) is 4.63. The quantitative estimate of drug-likeness (QED) is 0.864. The van der Waals surface area contributed by atoms with Gasteiger partial charge in [0.1, 0.15) is 10.8 Å². The van der Waals surface area contributed by atoms with Gasteiger partial charge in [0, 0.05) is 29.0 Å². The van der Waals surface area contributed by atoms with E-state index < -0.39 is 5.97 Å². The topological polar surface area (TPSA) is 70.5 Å². The van der Waals surface area contributed by atoms with Gasteiger partial charge in [0.15, 0.2) is 0 Å². The van der Waals surface area contributed by atoms with Crippen molar-refractivity contribution in [1.29, 1.82) is 0 Å². The van der Waals surface area contributed by atoms with Crippen molar-refractivity contribution in [2.24, 2.45) is 0 Å². The van der Waals surface area contributed by atoms with Crippen LogP contribution in [-0.4, -0.2) is 51.0 Å². The van der Waals surface area contributed by atoms with Crippen LogP contribution in [0.4, 0.5) is 4.39 Å². The minimum Gasteiger partial charge on any atom is -0.481 e. The zero-order valence-electron chi connectivity index (χ0n) is 13.4. The van der Waals surface area contributed by atoms with Gasteiger partial charge in [0.2, 0.25) is 5.91 Å². The molecule has 0 spiro atoms. The summed E-state index contributed by atoms with van der Waals surface area (Å²) in [7, 11) is 0. The Morgan fingerprint density at radius 1 is 1.40 bits per heavy atom. The van der Waals surface area contributed by atoms with Crippen molar-refractivity contribution >= 4 is 35.0 Å².